The average molecular weight is 391 g/mol. The molecule has 0 aliphatic carbocycles. The lowest BCUT2D eigenvalue weighted by atomic mass is 10.1. The molecular formula is C18H16ClFN4O3. The lowest BCUT2D eigenvalue weighted by Gasteiger charge is -2.20. The number of anilines is 1. The van der Waals surface area contributed by atoms with E-state index in [4.69, 9.17) is 11.6 Å². The first-order valence-corrected chi connectivity index (χ1v) is 8.59. The van der Waals surface area contributed by atoms with Gasteiger partial charge in [0, 0.05) is 43.5 Å². The van der Waals surface area contributed by atoms with Crippen molar-refractivity contribution >= 4 is 35.0 Å². The SMILES string of the molecule is O=C1CCN(C(=O)c2cc(F)cc(NC(=O)c3ccc(Cl)cn3)c2)CCN1. The Hall–Kier alpha value is -3.00. The second kappa shape index (κ2) is 8.13. The highest BCUT2D eigenvalue weighted by Gasteiger charge is 2.21. The molecule has 2 heterocycles. The van der Waals surface area contributed by atoms with Crippen molar-refractivity contribution in [2.24, 2.45) is 0 Å². The van der Waals surface area contributed by atoms with Gasteiger partial charge in [0.05, 0.1) is 5.02 Å². The summed E-state index contributed by atoms with van der Waals surface area (Å²) in [6, 6.07) is 6.54. The van der Waals surface area contributed by atoms with Gasteiger partial charge in [0.15, 0.2) is 0 Å². The molecule has 1 aliphatic rings. The lowest BCUT2D eigenvalue weighted by molar-refractivity contribution is -0.120. The zero-order chi connectivity index (χ0) is 19.4. The Morgan fingerprint density at radius 2 is 2.04 bits per heavy atom. The molecule has 0 spiro atoms. The summed E-state index contributed by atoms with van der Waals surface area (Å²) in [6.45, 7) is 0.917. The first kappa shape index (κ1) is 18.8. The van der Waals surface area contributed by atoms with Crippen LogP contribution in [0.25, 0.3) is 0 Å². The number of nitrogens with one attached hydrogen (secondary N) is 2. The molecule has 0 bridgehead atoms. The molecule has 0 unspecified atom stereocenters. The van der Waals surface area contributed by atoms with Gasteiger partial charge in [0.2, 0.25) is 5.91 Å². The van der Waals surface area contributed by atoms with E-state index in [1.165, 1.54) is 29.3 Å². The van der Waals surface area contributed by atoms with E-state index in [1.807, 2.05) is 0 Å². The standard InChI is InChI=1S/C18H16ClFN4O3/c19-12-1-2-15(22-10-12)17(26)23-14-8-11(7-13(20)9-14)18(27)24-5-3-16(25)21-4-6-24/h1-2,7-10H,3-6H2,(H,21,25)(H,23,26). The van der Waals surface area contributed by atoms with Gasteiger partial charge in [-0.05, 0) is 30.3 Å². The van der Waals surface area contributed by atoms with Crippen LogP contribution in [-0.2, 0) is 4.79 Å². The number of rotatable bonds is 3. The molecule has 0 saturated carbocycles. The van der Waals surface area contributed by atoms with Gasteiger partial charge < -0.3 is 15.5 Å². The summed E-state index contributed by atoms with van der Waals surface area (Å²) in [4.78, 5) is 41.6. The third-order valence-corrected chi connectivity index (χ3v) is 4.19. The van der Waals surface area contributed by atoms with Crippen molar-refractivity contribution in [1.82, 2.24) is 15.2 Å². The van der Waals surface area contributed by atoms with Crippen LogP contribution < -0.4 is 10.6 Å². The molecule has 0 radical (unpaired) electrons. The van der Waals surface area contributed by atoms with Crippen molar-refractivity contribution < 1.29 is 18.8 Å². The predicted octanol–water partition coefficient (Wildman–Crippen LogP) is 2.09. The van der Waals surface area contributed by atoms with Crippen molar-refractivity contribution in [3.05, 3.63) is 58.6 Å². The number of hydrogen-bond donors (Lipinski definition) is 2. The maximum atomic E-state index is 14.0. The van der Waals surface area contributed by atoms with Gasteiger partial charge in [-0.3, -0.25) is 14.4 Å². The molecule has 0 atom stereocenters. The Morgan fingerprint density at radius 1 is 1.22 bits per heavy atom. The lowest BCUT2D eigenvalue weighted by Crippen LogP contribution is -2.34. The van der Waals surface area contributed by atoms with Crippen molar-refractivity contribution in [1.29, 1.82) is 0 Å². The second-order valence-corrected chi connectivity index (χ2v) is 6.37. The van der Waals surface area contributed by atoms with Crippen LogP contribution >= 0.6 is 11.6 Å². The van der Waals surface area contributed by atoms with Crippen LogP contribution in [0.5, 0.6) is 0 Å². The van der Waals surface area contributed by atoms with Gasteiger partial charge in [-0.1, -0.05) is 11.6 Å². The predicted molar refractivity (Wildman–Crippen MR) is 97.1 cm³/mol. The fraction of sp³-hybridized carbons (Fsp3) is 0.222. The van der Waals surface area contributed by atoms with E-state index in [-0.39, 0.29) is 35.8 Å². The smallest absolute Gasteiger partial charge is 0.274 e. The topological polar surface area (TPSA) is 91.4 Å². The molecule has 1 aromatic heterocycles. The summed E-state index contributed by atoms with van der Waals surface area (Å²) in [7, 11) is 0. The summed E-state index contributed by atoms with van der Waals surface area (Å²) in [5, 5.41) is 5.57. The van der Waals surface area contributed by atoms with Gasteiger partial charge in [-0.25, -0.2) is 9.37 Å². The van der Waals surface area contributed by atoms with Crippen molar-refractivity contribution in [3.8, 4) is 0 Å². The van der Waals surface area contributed by atoms with Gasteiger partial charge in [-0.15, -0.1) is 0 Å². The number of amides is 3. The van der Waals surface area contributed by atoms with E-state index < -0.39 is 17.6 Å². The summed E-state index contributed by atoms with van der Waals surface area (Å²) >= 11 is 5.74. The molecule has 7 nitrogen and oxygen atoms in total. The van der Waals surface area contributed by atoms with Gasteiger partial charge in [0.1, 0.15) is 11.5 Å². The minimum Gasteiger partial charge on any atom is -0.354 e. The number of benzene rings is 1. The van der Waals surface area contributed by atoms with Crippen molar-refractivity contribution in [2.75, 3.05) is 25.0 Å². The first-order chi connectivity index (χ1) is 12.9. The molecule has 2 N–H and O–H groups in total. The minimum atomic E-state index is -0.663. The fourth-order valence-corrected chi connectivity index (χ4v) is 2.75. The highest BCUT2D eigenvalue weighted by molar-refractivity contribution is 6.30. The van der Waals surface area contributed by atoms with Crippen LogP contribution in [0.15, 0.2) is 36.5 Å². The fourth-order valence-electron chi connectivity index (χ4n) is 2.64. The maximum absolute atomic E-state index is 14.0. The van der Waals surface area contributed by atoms with E-state index in [0.29, 0.717) is 18.1 Å². The van der Waals surface area contributed by atoms with Crippen molar-refractivity contribution in [3.63, 3.8) is 0 Å². The zero-order valence-electron chi connectivity index (χ0n) is 14.2. The van der Waals surface area contributed by atoms with Crippen LogP contribution in [0.4, 0.5) is 10.1 Å². The normalized spacial score (nSPS) is 14.3. The summed E-state index contributed by atoms with van der Waals surface area (Å²) in [5.41, 5.74) is 0.321. The Balaban J connectivity index is 1.77. The second-order valence-electron chi connectivity index (χ2n) is 5.94. The molecule has 1 fully saturated rings. The van der Waals surface area contributed by atoms with Crippen LogP contribution in [0.1, 0.15) is 27.3 Å². The van der Waals surface area contributed by atoms with Gasteiger partial charge in [-0.2, -0.15) is 0 Å². The Morgan fingerprint density at radius 3 is 2.78 bits per heavy atom. The molecule has 2 aromatic rings. The van der Waals surface area contributed by atoms with Crippen LogP contribution in [0.3, 0.4) is 0 Å². The van der Waals surface area contributed by atoms with E-state index in [1.54, 1.807) is 0 Å². The molecule has 140 valence electrons. The molecule has 1 aromatic carbocycles. The van der Waals surface area contributed by atoms with E-state index in [9.17, 15) is 18.8 Å². The summed E-state index contributed by atoms with van der Waals surface area (Å²) in [5.74, 6) is -1.76. The maximum Gasteiger partial charge on any atom is 0.274 e. The number of aromatic nitrogens is 1. The summed E-state index contributed by atoms with van der Waals surface area (Å²) in [6.07, 6.45) is 1.51. The quantitative estimate of drug-likeness (QED) is 0.839. The van der Waals surface area contributed by atoms with E-state index in [2.05, 4.69) is 15.6 Å². The largest absolute Gasteiger partial charge is 0.354 e. The molecule has 1 saturated heterocycles. The third kappa shape index (κ3) is 4.79. The molecular weight excluding hydrogens is 375 g/mol. The Bertz CT molecular complexity index is 889. The van der Waals surface area contributed by atoms with E-state index in [0.717, 1.165) is 12.1 Å². The molecule has 1 aliphatic heterocycles. The van der Waals surface area contributed by atoms with Crippen LogP contribution in [0, 0.1) is 5.82 Å². The summed E-state index contributed by atoms with van der Waals surface area (Å²) < 4.78 is 14.0. The molecule has 3 rings (SSSR count). The number of nitrogens with zero attached hydrogens (tertiary/aromatic N) is 2. The minimum absolute atomic E-state index is 0.0868. The molecule has 9 heteroatoms. The number of halogens is 2. The van der Waals surface area contributed by atoms with Gasteiger partial charge >= 0.3 is 0 Å². The Labute approximate surface area is 159 Å². The van der Waals surface area contributed by atoms with Crippen molar-refractivity contribution in [2.45, 2.75) is 6.42 Å². The Kier molecular flexibility index (Phi) is 5.66. The van der Waals surface area contributed by atoms with Crippen LogP contribution in [0.2, 0.25) is 5.02 Å². The average Bonchev–Trinajstić information content (AvgIpc) is 2.85. The van der Waals surface area contributed by atoms with E-state index >= 15 is 0 Å². The zero-order valence-corrected chi connectivity index (χ0v) is 14.9. The van der Waals surface area contributed by atoms with Crippen LogP contribution in [-0.4, -0.2) is 47.2 Å². The highest BCUT2D eigenvalue weighted by atomic mass is 35.5. The number of pyridine rings is 1. The molecule has 27 heavy (non-hydrogen) atoms. The highest BCUT2D eigenvalue weighted by Crippen LogP contribution is 2.17. The molecule has 3 amide bonds. The van der Waals surface area contributed by atoms with Gasteiger partial charge in [0.25, 0.3) is 11.8 Å². The number of hydrogen-bond acceptors (Lipinski definition) is 4. The number of carbonyl (C=O) groups excluding carboxylic acids is 3. The third-order valence-electron chi connectivity index (χ3n) is 3.96. The first-order valence-electron chi connectivity index (χ1n) is 8.22. The monoisotopic (exact) mass is 390 g/mol. The number of carbonyl (C=O) groups is 3.